The van der Waals surface area contributed by atoms with Gasteiger partial charge < -0.3 is 9.15 Å². The van der Waals surface area contributed by atoms with Crippen LogP contribution >= 0.6 is 11.8 Å². The lowest BCUT2D eigenvalue weighted by Crippen LogP contribution is -2.35. The number of carbonyl (C=O) groups excluding carboxylic acids is 2. The number of benzene rings is 1. The topological polar surface area (TPSA) is 72.1 Å². The first-order chi connectivity index (χ1) is 14.3. The van der Waals surface area contributed by atoms with Gasteiger partial charge in [0.1, 0.15) is 11.5 Å². The highest BCUT2D eigenvalue weighted by Crippen LogP contribution is 2.35. The molecule has 158 valence electrons. The van der Waals surface area contributed by atoms with Gasteiger partial charge in [0.05, 0.1) is 17.1 Å². The number of nitrogens with zero attached hydrogens (tertiary/aromatic N) is 2. The van der Waals surface area contributed by atoms with Gasteiger partial charge in [0.15, 0.2) is 5.17 Å². The first-order valence-corrected chi connectivity index (χ1v) is 10.8. The minimum absolute atomic E-state index is 0.0264. The predicted octanol–water partition coefficient (Wildman–Crippen LogP) is 5.21. The van der Waals surface area contributed by atoms with Gasteiger partial charge in [0, 0.05) is 23.7 Å². The molecule has 6 nitrogen and oxygen atoms in total. The number of ether oxygens (including phenoxy) is 1. The summed E-state index contributed by atoms with van der Waals surface area (Å²) in [6.07, 6.45) is 1.75. The molecular formula is C23H26N2O4S. The number of hydrogen-bond acceptors (Lipinski definition) is 6. The lowest BCUT2D eigenvalue weighted by Gasteiger charge is -2.20. The van der Waals surface area contributed by atoms with Crippen LogP contribution in [0.4, 0.5) is 0 Å². The highest BCUT2D eigenvalue weighted by atomic mass is 32.2. The number of amidine groups is 1. The number of aliphatic imine (C=N–C) groups is 1. The van der Waals surface area contributed by atoms with Crippen LogP contribution < -0.4 is 0 Å². The fraction of sp³-hybridized carbons (Fsp3) is 0.348. The molecule has 30 heavy (non-hydrogen) atoms. The molecule has 2 heterocycles. The van der Waals surface area contributed by atoms with Gasteiger partial charge in [0.2, 0.25) is 0 Å². The van der Waals surface area contributed by atoms with Gasteiger partial charge in [-0.15, -0.1) is 0 Å². The van der Waals surface area contributed by atoms with Crippen LogP contribution in [0.1, 0.15) is 50.7 Å². The van der Waals surface area contributed by atoms with Crippen LogP contribution in [-0.4, -0.2) is 40.6 Å². The maximum Gasteiger partial charge on any atom is 0.338 e. The Morgan fingerprint density at radius 3 is 2.47 bits per heavy atom. The predicted molar refractivity (Wildman–Crippen MR) is 120 cm³/mol. The Hall–Kier alpha value is -2.80. The van der Waals surface area contributed by atoms with E-state index in [1.165, 1.54) is 11.8 Å². The summed E-state index contributed by atoms with van der Waals surface area (Å²) in [6, 6.07) is 10.8. The maximum atomic E-state index is 12.8. The van der Waals surface area contributed by atoms with E-state index in [-0.39, 0.29) is 24.0 Å². The van der Waals surface area contributed by atoms with Crippen molar-refractivity contribution in [3.8, 4) is 11.3 Å². The van der Waals surface area contributed by atoms with Gasteiger partial charge in [-0.3, -0.25) is 14.7 Å². The third kappa shape index (κ3) is 4.84. The van der Waals surface area contributed by atoms with Gasteiger partial charge in [0.25, 0.3) is 5.91 Å². The summed E-state index contributed by atoms with van der Waals surface area (Å²) in [4.78, 5) is 31.5. The summed E-state index contributed by atoms with van der Waals surface area (Å²) in [5.41, 5.74) is 1.33. The number of amides is 1. The Bertz CT molecular complexity index is 987. The van der Waals surface area contributed by atoms with E-state index in [1.54, 1.807) is 30.0 Å². The zero-order valence-corrected chi connectivity index (χ0v) is 18.7. The molecule has 2 aromatic rings. The Morgan fingerprint density at radius 2 is 1.87 bits per heavy atom. The van der Waals surface area contributed by atoms with E-state index in [4.69, 9.17) is 9.15 Å². The molecule has 1 aliphatic rings. The second-order valence-corrected chi connectivity index (χ2v) is 8.39. The maximum absolute atomic E-state index is 12.8. The minimum atomic E-state index is -0.348. The number of esters is 1. The molecule has 0 aliphatic carbocycles. The highest BCUT2D eigenvalue weighted by molar-refractivity contribution is 8.18. The number of hydrogen-bond donors (Lipinski definition) is 0. The second-order valence-electron chi connectivity index (χ2n) is 7.38. The van der Waals surface area contributed by atoms with Crippen molar-refractivity contribution in [2.24, 2.45) is 4.99 Å². The molecule has 0 bridgehead atoms. The van der Waals surface area contributed by atoms with Crippen molar-refractivity contribution in [3.63, 3.8) is 0 Å². The van der Waals surface area contributed by atoms with Crippen molar-refractivity contribution >= 4 is 34.9 Å². The number of thioether (sulfide) groups is 1. The molecule has 7 heteroatoms. The van der Waals surface area contributed by atoms with E-state index < -0.39 is 0 Å². The Balaban J connectivity index is 1.82. The molecular weight excluding hydrogens is 400 g/mol. The van der Waals surface area contributed by atoms with Crippen molar-refractivity contribution in [2.75, 3.05) is 6.61 Å². The smallest absolute Gasteiger partial charge is 0.338 e. The molecule has 1 amide bonds. The van der Waals surface area contributed by atoms with Crippen LogP contribution in [0.3, 0.4) is 0 Å². The molecule has 3 rings (SSSR count). The quantitative estimate of drug-likeness (QED) is 0.468. The van der Waals surface area contributed by atoms with E-state index in [0.717, 1.165) is 10.7 Å². The van der Waals surface area contributed by atoms with Crippen molar-refractivity contribution in [2.45, 2.75) is 46.7 Å². The van der Waals surface area contributed by atoms with Crippen LogP contribution in [-0.2, 0) is 9.53 Å². The fourth-order valence-corrected chi connectivity index (χ4v) is 4.17. The lowest BCUT2D eigenvalue weighted by molar-refractivity contribution is -0.123. The monoisotopic (exact) mass is 426 g/mol. The van der Waals surface area contributed by atoms with Gasteiger partial charge in [-0.2, -0.15) is 0 Å². The van der Waals surface area contributed by atoms with E-state index in [2.05, 4.69) is 4.99 Å². The first kappa shape index (κ1) is 21.9. The van der Waals surface area contributed by atoms with Crippen molar-refractivity contribution in [1.82, 2.24) is 4.90 Å². The summed E-state index contributed by atoms with van der Waals surface area (Å²) in [7, 11) is 0. The van der Waals surface area contributed by atoms with Crippen molar-refractivity contribution < 1.29 is 18.7 Å². The first-order valence-electron chi connectivity index (χ1n) is 9.98. The third-order valence-electron chi connectivity index (χ3n) is 4.30. The normalized spacial score (nSPS) is 17.0. The molecule has 0 N–H and O–H groups in total. The van der Waals surface area contributed by atoms with Crippen LogP contribution in [0.25, 0.3) is 17.4 Å². The van der Waals surface area contributed by atoms with E-state index in [9.17, 15) is 9.59 Å². The third-order valence-corrected chi connectivity index (χ3v) is 5.30. The number of rotatable bonds is 6. The zero-order chi connectivity index (χ0) is 21.8. The van der Waals surface area contributed by atoms with Gasteiger partial charge in [-0.1, -0.05) is 12.1 Å². The molecule has 1 aromatic carbocycles. The zero-order valence-electron chi connectivity index (χ0n) is 17.8. The largest absolute Gasteiger partial charge is 0.462 e. The van der Waals surface area contributed by atoms with Crippen molar-refractivity contribution in [3.05, 3.63) is 52.6 Å². The summed E-state index contributed by atoms with van der Waals surface area (Å²) in [6.45, 7) is 10.0. The average Bonchev–Trinajstić information content (AvgIpc) is 3.27. The van der Waals surface area contributed by atoms with E-state index in [0.29, 0.717) is 28.6 Å². The molecule has 1 saturated heterocycles. The molecule has 0 radical (unpaired) electrons. The standard InChI is InChI=1S/C23H26N2O4S/c1-6-28-22(27)17-9-7-16(8-10-17)19-12-11-18(29-19)13-20-21(26)25(15(4)5)23(30-20)24-14(2)3/h7-15H,6H2,1-5H3/b20-13+,24-23?. The molecule has 0 saturated carbocycles. The van der Waals surface area contributed by atoms with Crippen LogP contribution in [0.15, 0.2) is 50.7 Å². The van der Waals surface area contributed by atoms with Gasteiger partial charge in [-0.05, 0) is 70.6 Å². The SMILES string of the molecule is CCOC(=O)c1ccc(-c2ccc(/C=C3/SC(=NC(C)C)N(C(C)C)C3=O)o2)cc1. The van der Waals surface area contributed by atoms with Gasteiger partial charge >= 0.3 is 5.97 Å². The Kier molecular flexibility index (Phi) is 6.82. The summed E-state index contributed by atoms with van der Waals surface area (Å²) in [5, 5.41) is 0.720. The minimum Gasteiger partial charge on any atom is -0.462 e. The van der Waals surface area contributed by atoms with Crippen LogP contribution in [0.2, 0.25) is 0 Å². The average molecular weight is 427 g/mol. The molecule has 0 spiro atoms. The van der Waals surface area contributed by atoms with Crippen LogP contribution in [0, 0.1) is 0 Å². The van der Waals surface area contributed by atoms with E-state index >= 15 is 0 Å². The fourth-order valence-electron chi connectivity index (χ4n) is 2.95. The molecule has 0 unspecified atom stereocenters. The highest BCUT2D eigenvalue weighted by Gasteiger charge is 2.35. The Labute approximate surface area is 181 Å². The second kappa shape index (κ2) is 9.34. The van der Waals surface area contributed by atoms with Crippen LogP contribution in [0.5, 0.6) is 0 Å². The summed E-state index contributed by atoms with van der Waals surface area (Å²) < 4.78 is 10.9. The van der Waals surface area contributed by atoms with Crippen molar-refractivity contribution in [1.29, 1.82) is 0 Å². The Morgan fingerprint density at radius 1 is 1.17 bits per heavy atom. The molecule has 1 aromatic heterocycles. The molecule has 1 fully saturated rings. The van der Waals surface area contributed by atoms with E-state index in [1.807, 2.05) is 52.0 Å². The number of carbonyl (C=O) groups is 2. The molecule has 1 aliphatic heterocycles. The molecule has 0 atom stereocenters. The summed E-state index contributed by atoms with van der Waals surface area (Å²) in [5.74, 6) is 0.833. The summed E-state index contributed by atoms with van der Waals surface area (Å²) >= 11 is 1.37. The number of furan rings is 1. The lowest BCUT2D eigenvalue weighted by atomic mass is 10.1. The van der Waals surface area contributed by atoms with Gasteiger partial charge in [-0.25, -0.2) is 4.79 Å².